The summed E-state index contributed by atoms with van der Waals surface area (Å²) >= 11 is 0. The van der Waals surface area contributed by atoms with Crippen LogP contribution >= 0.6 is 0 Å². The van der Waals surface area contributed by atoms with Crippen LogP contribution in [-0.2, 0) is 6.42 Å². The predicted molar refractivity (Wildman–Crippen MR) is 62.0 cm³/mol. The van der Waals surface area contributed by atoms with Crippen LogP contribution in [0.15, 0.2) is 24.3 Å². The van der Waals surface area contributed by atoms with E-state index < -0.39 is 0 Å². The van der Waals surface area contributed by atoms with Gasteiger partial charge in [-0.25, -0.2) is 0 Å². The van der Waals surface area contributed by atoms with E-state index in [-0.39, 0.29) is 0 Å². The van der Waals surface area contributed by atoms with Gasteiger partial charge in [-0.05, 0) is 62.4 Å². The third kappa shape index (κ3) is 3.24. The fourth-order valence-electron chi connectivity index (χ4n) is 2.25. The summed E-state index contributed by atoms with van der Waals surface area (Å²) in [6.45, 7) is 2.34. The zero-order valence-electron chi connectivity index (χ0n) is 9.08. The quantitative estimate of drug-likeness (QED) is 0.793. The van der Waals surface area contributed by atoms with Crippen molar-refractivity contribution in [2.45, 2.75) is 25.7 Å². The Balaban J connectivity index is 1.81. The van der Waals surface area contributed by atoms with Crippen molar-refractivity contribution in [2.24, 2.45) is 5.92 Å². The lowest BCUT2D eigenvalue weighted by Gasteiger charge is -2.22. The number of hydrogen-bond donors (Lipinski definition) is 2. The summed E-state index contributed by atoms with van der Waals surface area (Å²) in [7, 11) is 0. The normalized spacial score (nSPS) is 17.9. The largest absolute Gasteiger partial charge is 0.508 e. The van der Waals surface area contributed by atoms with Gasteiger partial charge < -0.3 is 10.4 Å². The maximum absolute atomic E-state index is 9.34. The lowest BCUT2D eigenvalue weighted by Crippen LogP contribution is -2.27. The summed E-state index contributed by atoms with van der Waals surface area (Å²) in [5.74, 6) is 1.26. The predicted octanol–water partition coefficient (Wildman–Crippen LogP) is 2.32. The average molecular weight is 205 g/mol. The van der Waals surface area contributed by atoms with Crippen molar-refractivity contribution >= 4 is 0 Å². The second-order valence-corrected chi connectivity index (χ2v) is 4.40. The number of hydrogen-bond acceptors (Lipinski definition) is 2. The molecule has 0 spiro atoms. The molecule has 0 bridgehead atoms. The van der Waals surface area contributed by atoms with Gasteiger partial charge in [-0.3, -0.25) is 0 Å². The summed E-state index contributed by atoms with van der Waals surface area (Å²) in [6.07, 6.45) is 4.96. The molecule has 0 radical (unpaired) electrons. The minimum Gasteiger partial charge on any atom is -0.508 e. The van der Waals surface area contributed by atoms with Gasteiger partial charge in [-0.15, -0.1) is 0 Å². The Labute approximate surface area is 91.3 Å². The van der Waals surface area contributed by atoms with Gasteiger partial charge in [0.25, 0.3) is 0 Å². The molecule has 1 heterocycles. The minimum atomic E-state index is 0.387. The zero-order valence-corrected chi connectivity index (χ0v) is 9.08. The van der Waals surface area contributed by atoms with E-state index in [1.54, 1.807) is 6.07 Å². The van der Waals surface area contributed by atoms with E-state index in [0.717, 1.165) is 12.3 Å². The van der Waals surface area contributed by atoms with Crippen molar-refractivity contribution in [3.63, 3.8) is 0 Å². The molecule has 1 aliphatic heterocycles. The Morgan fingerprint density at radius 2 is 2.07 bits per heavy atom. The molecular weight excluding hydrogens is 186 g/mol. The van der Waals surface area contributed by atoms with Crippen molar-refractivity contribution < 1.29 is 5.11 Å². The summed E-state index contributed by atoms with van der Waals surface area (Å²) in [5, 5.41) is 12.7. The van der Waals surface area contributed by atoms with Crippen LogP contribution in [-0.4, -0.2) is 18.2 Å². The highest BCUT2D eigenvalue weighted by molar-refractivity contribution is 5.27. The maximum Gasteiger partial charge on any atom is 0.115 e. The van der Waals surface area contributed by atoms with E-state index in [9.17, 15) is 5.11 Å². The van der Waals surface area contributed by atoms with Gasteiger partial charge in [0.15, 0.2) is 0 Å². The van der Waals surface area contributed by atoms with Crippen molar-refractivity contribution in [2.75, 3.05) is 13.1 Å². The number of rotatable bonds is 3. The first-order chi connectivity index (χ1) is 7.34. The monoisotopic (exact) mass is 205 g/mol. The van der Waals surface area contributed by atoms with E-state index >= 15 is 0 Å². The molecule has 1 aromatic rings. The molecular formula is C13H19NO. The molecule has 2 rings (SSSR count). The number of aryl methyl sites for hydroxylation is 1. The van der Waals surface area contributed by atoms with Gasteiger partial charge >= 0.3 is 0 Å². The topological polar surface area (TPSA) is 32.3 Å². The van der Waals surface area contributed by atoms with Crippen molar-refractivity contribution in [1.29, 1.82) is 0 Å². The van der Waals surface area contributed by atoms with E-state index in [1.807, 2.05) is 12.1 Å². The first-order valence-electron chi connectivity index (χ1n) is 5.83. The van der Waals surface area contributed by atoms with Gasteiger partial charge in [-0.1, -0.05) is 12.1 Å². The first-order valence-corrected chi connectivity index (χ1v) is 5.83. The number of piperidine rings is 1. The minimum absolute atomic E-state index is 0.387. The van der Waals surface area contributed by atoms with Crippen LogP contribution in [0.25, 0.3) is 0 Å². The summed E-state index contributed by atoms with van der Waals surface area (Å²) in [5.41, 5.74) is 1.26. The second kappa shape index (κ2) is 5.17. The van der Waals surface area contributed by atoms with Crippen LogP contribution in [0, 0.1) is 5.92 Å². The lowest BCUT2D eigenvalue weighted by atomic mass is 9.91. The Kier molecular flexibility index (Phi) is 3.62. The second-order valence-electron chi connectivity index (χ2n) is 4.40. The molecule has 0 aromatic heterocycles. The van der Waals surface area contributed by atoms with Crippen LogP contribution in [0.1, 0.15) is 24.8 Å². The molecule has 82 valence electrons. The van der Waals surface area contributed by atoms with Crippen molar-refractivity contribution in [3.05, 3.63) is 29.8 Å². The zero-order chi connectivity index (χ0) is 10.5. The molecule has 0 aliphatic carbocycles. The molecule has 2 nitrogen and oxygen atoms in total. The van der Waals surface area contributed by atoms with Gasteiger partial charge in [0, 0.05) is 0 Å². The average Bonchev–Trinajstić information content (AvgIpc) is 2.28. The molecule has 1 fully saturated rings. The van der Waals surface area contributed by atoms with Crippen molar-refractivity contribution in [3.8, 4) is 5.75 Å². The smallest absolute Gasteiger partial charge is 0.115 e. The molecule has 2 heteroatoms. The Bertz CT molecular complexity index is 305. The number of aromatic hydroxyl groups is 1. The van der Waals surface area contributed by atoms with E-state index in [0.29, 0.717) is 5.75 Å². The molecule has 15 heavy (non-hydrogen) atoms. The Morgan fingerprint density at radius 1 is 1.27 bits per heavy atom. The summed E-state index contributed by atoms with van der Waals surface area (Å²) in [4.78, 5) is 0. The van der Waals surface area contributed by atoms with Crippen LogP contribution in [0.2, 0.25) is 0 Å². The Hall–Kier alpha value is -1.02. The highest BCUT2D eigenvalue weighted by atomic mass is 16.3. The lowest BCUT2D eigenvalue weighted by molar-refractivity contribution is 0.354. The fraction of sp³-hybridized carbons (Fsp3) is 0.538. The molecule has 0 unspecified atom stereocenters. The van der Waals surface area contributed by atoms with Crippen LogP contribution in [0.5, 0.6) is 5.75 Å². The number of phenolic OH excluding ortho intramolecular Hbond substituents is 1. The molecule has 1 saturated heterocycles. The van der Waals surface area contributed by atoms with Crippen LogP contribution in [0.3, 0.4) is 0 Å². The van der Waals surface area contributed by atoms with Gasteiger partial charge in [0.2, 0.25) is 0 Å². The highest BCUT2D eigenvalue weighted by Gasteiger charge is 2.12. The molecule has 2 N–H and O–H groups in total. The van der Waals surface area contributed by atoms with Crippen LogP contribution in [0.4, 0.5) is 0 Å². The maximum atomic E-state index is 9.34. The van der Waals surface area contributed by atoms with E-state index in [4.69, 9.17) is 0 Å². The summed E-state index contributed by atoms with van der Waals surface area (Å²) in [6, 6.07) is 7.63. The van der Waals surface area contributed by atoms with E-state index in [2.05, 4.69) is 11.4 Å². The van der Waals surface area contributed by atoms with Gasteiger partial charge in [-0.2, -0.15) is 0 Å². The number of nitrogens with one attached hydrogen (secondary N) is 1. The van der Waals surface area contributed by atoms with Gasteiger partial charge in [0.1, 0.15) is 5.75 Å². The molecule has 0 saturated carbocycles. The third-order valence-electron chi connectivity index (χ3n) is 3.21. The third-order valence-corrected chi connectivity index (χ3v) is 3.21. The molecule has 0 amide bonds. The van der Waals surface area contributed by atoms with Crippen molar-refractivity contribution in [1.82, 2.24) is 5.32 Å². The molecule has 1 aliphatic rings. The van der Waals surface area contributed by atoms with E-state index in [1.165, 1.54) is 37.9 Å². The fourth-order valence-corrected chi connectivity index (χ4v) is 2.25. The van der Waals surface area contributed by atoms with Gasteiger partial charge in [0.05, 0.1) is 0 Å². The number of phenols is 1. The SMILES string of the molecule is Oc1cccc(CCC2CCNCC2)c1. The standard InChI is InChI=1S/C13H19NO/c15-13-3-1-2-12(10-13)5-4-11-6-8-14-9-7-11/h1-3,10-11,14-15H,4-9H2. The summed E-state index contributed by atoms with van der Waals surface area (Å²) < 4.78 is 0. The molecule has 1 aromatic carbocycles. The first kappa shape index (κ1) is 10.5. The Morgan fingerprint density at radius 3 is 2.80 bits per heavy atom. The highest BCUT2D eigenvalue weighted by Crippen LogP contribution is 2.20. The number of benzene rings is 1. The molecule has 0 atom stereocenters. The van der Waals surface area contributed by atoms with Crippen LogP contribution < -0.4 is 5.32 Å².